The van der Waals surface area contributed by atoms with Gasteiger partial charge in [0.1, 0.15) is 0 Å². The Morgan fingerprint density at radius 1 is 1.00 bits per heavy atom. The molecule has 1 aromatic rings. The fraction of sp³-hybridized carbons (Fsp3) is 0.385. The number of rotatable bonds is 6. The van der Waals surface area contributed by atoms with E-state index in [0.29, 0.717) is 19.6 Å². The third-order valence-corrected chi connectivity index (χ3v) is 2.93. The first kappa shape index (κ1) is 15.5. The molecule has 0 spiro atoms. The molecule has 19 heavy (non-hydrogen) atoms. The Morgan fingerprint density at radius 2 is 1.58 bits per heavy atom. The Morgan fingerprint density at radius 3 is 2.21 bits per heavy atom. The van der Waals surface area contributed by atoms with Crippen LogP contribution in [0.15, 0.2) is 28.7 Å². The molecular weight excluding hydrogens is 310 g/mol. The summed E-state index contributed by atoms with van der Waals surface area (Å²) >= 11 is 3.37. The van der Waals surface area contributed by atoms with Crippen LogP contribution in [0.5, 0.6) is 0 Å². The number of hydrogen-bond donors (Lipinski definition) is 3. The monoisotopic (exact) mass is 327 g/mol. The van der Waals surface area contributed by atoms with E-state index in [1.165, 1.54) is 12.5 Å². The van der Waals surface area contributed by atoms with Crippen molar-refractivity contribution in [2.75, 3.05) is 19.6 Å². The summed E-state index contributed by atoms with van der Waals surface area (Å²) in [5.41, 5.74) is 1.17. The Bertz CT molecular complexity index is 420. The summed E-state index contributed by atoms with van der Waals surface area (Å²) in [5, 5.41) is 8.02. The lowest BCUT2D eigenvalue weighted by atomic mass is 10.1. The SMILES string of the molecule is CC(=O)NCCNC(=O)NCCc1ccc(Br)cc1. The van der Waals surface area contributed by atoms with Gasteiger partial charge in [-0.05, 0) is 24.1 Å². The summed E-state index contributed by atoms with van der Waals surface area (Å²) < 4.78 is 1.04. The molecule has 0 unspecified atom stereocenters. The number of nitrogens with one attached hydrogen (secondary N) is 3. The van der Waals surface area contributed by atoms with Gasteiger partial charge in [0.25, 0.3) is 0 Å². The zero-order chi connectivity index (χ0) is 14.1. The van der Waals surface area contributed by atoms with Gasteiger partial charge in [0.15, 0.2) is 0 Å². The third kappa shape index (κ3) is 7.46. The lowest BCUT2D eigenvalue weighted by Crippen LogP contribution is -2.40. The number of carbonyl (C=O) groups is 2. The summed E-state index contributed by atoms with van der Waals surface area (Å²) in [6, 6.07) is 7.76. The number of benzene rings is 1. The van der Waals surface area contributed by atoms with Crippen LogP contribution in [0.3, 0.4) is 0 Å². The minimum Gasteiger partial charge on any atom is -0.355 e. The van der Waals surface area contributed by atoms with Crippen molar-refractivity contribution in [2.45, 2.75) is 13.3 Å². The lowest BCUT2D eigenvalue weighted by molar-refractivity contribution is -0.118. The molecular formula is C13H18BrN3O2. The van der Waals surface area contributed by atoms with Crippen molar-refractivity contribution in [3.8, 4) is 0 Å². The van der Waals surface area contributed by atoms with Crippen LogP contribution in [-0.2, 0) is 11.2 Å². The highest BCUT2D eigenvalue weighted by molar-refractivity contribution is 9.10. The standard InChI is InChI=1S/C13H18BrN3O2/c1-10(18)15-8-9-17-13(19)16-7-6-11-2-4-12(14)5-3-11/h2-5H,6-9H2,1H3,(H,15,18)(H2,16,17,19). The molecule has 0 bridgehead atoms. The van der Waals surface area contributed by atoms with Gasteiger partial charge in [0.05, 0.1) is 0 Å². The molecule has 6 heteroatoms. The average molecular weight is 328 g/mol. The van der Waals surface area contributed by atoms with Crippen LogP contribution in [0.2, 0.25) is 0 Å². The van der Waals surface area contributed by atoms with E-state index < -0.39 is 0 Å². The van der Waals surface area contributed by atoms with Crippen molar-refractivity contribution in [1.29, 1.82) is 0 Å². The van der Waals surface area contributed by atoms with Crippen LogP contribution >= 0.6 is 15.9 Å². The van der Waals surface area contributed by atoms with E-state index in [1.807, 2.05) is 24.3 Å². The van der Waals surface area contributed by atoms with Crippen LogP contribution < -0.4 is 16.0 Å². The van der Waals surface area contributed by atoms with Gasteiger partial charge in [-0.25, -0.2) is 4.79 Å². The summed E-state index contributed by atoms with van der Waals surface area (Å²) in [7, 11) is 0. The van der Waals surface area contributed by atoms with Crippen molar-refractivity contribution in [3.63, 3.8) is 0 Å². The van der Waals surface area contributed by atoms with Crippen LogP contribution in [0.4, 0.5) is 4.79 Å². The third-order valence-electron chi connectivity index (χ3n) is 2.40. The Balaban J connectivity index is 2.10. The summed E-state index contributed by atoms with van der Waals surface area (Å²) in [4.78, 5) is 22.0. The second-order valence-electron chi connectivity index (χ2n) is 4.04. The molecule has 0 aromatic heterocycles. The molecule has 0 saturated heterocycles. The number of urea groups is 1. The number of amides is 3. The normalized spacial score (nSPS) is 9.79. The lowest BCUT2D eigenvalue weighted by Gasteiger charge is -2.08. The molecule has 0 saturated carbocycles. The van der Waals surface area contributed by atoms with Gasteiger partial charge >= 0.3 is 6.03 Å². The average Bonchev–Trinajstić information content (AvgIpc) is 2.37. The minimum absolute atomic E-state index is 0.0996. The first-order chi connectivity index (χ1) is 9.08. The van der Waals surface area contributed by atoms with Gasteiger partial charge in [-0.1, -0.05) is 28.1 Å². The predicted octanol–water partition coefficient (Wildman–Crippen LogP) is 1.43. The molecule has 0 aliphatic rings. The van der Waals surface area contributed by atoms with E-state index in [9.17, 15) is 9.59 Å². The summed E-state index contributed by atoms with van der Waals surface area (Å²) in [6.07, 6.45) is 0.784. The zero-order valence-electron chi connectivity index (χ0n) is 10.8. The van der Waals surface area contributed by atoms with Gasteiger partial charge in [0, 0.05) is 31.0 Å². The molecule has 0 heterocycles. The molecule has 1 rings (SSSR count). The van der Waals surface area contributed by atoms with Crippen molar-refractivity contribution in [3.05, 3.63) is 34.3 Å². The van der Waals surface area contributed by atoms with E-state index in [-0.39, 0.29) is 11.9 Å². The topological polar surface area (TPSA) is 70.2 Å². The van der Waals surface area contributed by atoms with Crippen molar-refractivity contribution >= 4 is 27.9 Å². The zero-order valence-corrected chi connectivity index (χ0v) is 12.4. The first-order valence-corrected chi connectivity index (χ1v) is 6.88. The Labute approximate surface area is 121 Å². The summed E-state index contributed by atoms with van der Waals surface area (Å²) in [5.74, 6) is -0.0996. The Kier molecular flexibility index (Phi) is 6.95. The van der Waals surface area contributed by atoms with E-state index in [2.05, 4.69) is 31.9 Å². The van der Waals surface area contributed by atoms with Gasteiger partial charge in [-0.2, -0.15) is 0 Å². The van der Waals surface area contributed by atoms with E-state index >= 15 is 0 Å². The molecule has 104 valence electrons. The first-order valence-electron chi connectivity index (χ1n) is 6.08. The molecule has 0 atom stereocenters. The van der Waals surface area contributed by atoms with Crippen LogP contribution in [0.1, 0.15) is 12.5 Å². The molecule has 5 nitrogen and oxygen atoms in total. The fourth-order valence-corrected chi connectivity index (χ4v) is 1.71. The van der Waals surface area contributed by atoms with Crippen molar-refractivity contribution in [1.82, 2.24) is 16.0 Å². The predicted molar refractivity (Wildman–Crippen MR) is 77.9 cm³/mol. The second kappa shape index (κ2) is 8.53. The molecule has 3 N–H and O–H groups in total. The largest absolute Gasteiger partial charge is 0.355 e. The molecule has 0 fully saturated rings. The van der Waals surface area contributed by atoms with E-state index in [4.69, 9.17) is 0 Å². The van der Waals surface area contributed by atoms with Crippen molar-refractivity contribution in [2.24, 2.45) is 0 Å². The number of carbonyl (C=O) groups excluding carboxylic acids is 2. The molecule has 0 radical (unpaired) electrons. The maximum atomic E-state index is 11.4. The van der Waals surface area contributed by atoms with Crippen LogP contribution in [-0.4, -0.2) is 31.6 Å². The molecule has 1 aromatic carbocycles. The Hall–Kier alpha value is -1.56. The summed E-state index contributed by atoms with van der Waals surface area (Å²) in [6.45, 7) is 2.88. The molecule has 3 amide bonds. The van der Waals surface area contributed by atoms with E-state index in [1.54, 1.807) is 0 Å². The van der Waals surface area contributed by atoms with Crippen molar-refractivity contribution < 1.29 is 9.59 Å². The highest BCUT2D eigenvalue weighted by Gasteiger charge is 1.99. The van der Waals surface area contributed by atoms with E-state index in [0.717, 1.165) is 10.9 Å². The minimum atomic E-state index is -0.220. The maximum absolute atomic E-state index is 11.4. The van der Waals surface area contributed by atoms with Crippen LogP contribution in [0.25, 0.3) is 0 Å². The number of hydrogen-bond acceptors (Lipinski definition) is 2. The van der Waals surface area contributed by atoms with Gasteiger partial charge < -0.3 is 16.0 Å². The van der Waals surface area contributed by atoms with Gasteiger partial charge in [-0.3, -0.25) is 4.79 Å². The quantitative estimate of drug-likeness (QED) is 0.692. The highest BCUT2D eigenvalue weighted by atomic mass is 79.9. The smallest absolute Gasteiger partial charge is 0.314 e. The van der Waals surface area contributed by atoms with Gasteiger partial charge in [-0.15, -0.1) is 0 Å². The number of halogens is 1. The molecule has 0 aliphatic heterocycles. The maximum Gasteiger partial charge on any atom is 0.314 e. The van der Waals surface area contributed by atoms with Gasteiger partial charge in [0.2, 0.25) is 5.91 Å². The van der Waals surface area contributed by atoms with Crippen LogP contribution in [0, 0.1) is 0 Å². The molecule has 0 aliphatic carbocycles. The fourth-order valence-electron chi connectivity index (χ4n) is 1.45. The highest BCUT2D eigenvalue weighted by Crippen LogP contribution is 2.10. The second-order valence-corrected chi connectivity index (χ2v) is 4.96.